The van der Waals surface area contributed by atoms with Crippen LogP contribution in [0.2, 0.25) is 0 Å². The summed E-state index contributed by atoms with van der Waals surface area (Å²) in [6.07, 6.45) is 17.7. The molecule has 0 aromatic rings. The van der Waals surface area contributed by atoms with E-state index in [1.807, 2.05) is 0 Å². The lowest BCUT2D eigenvalue weighted by molar-refractivity contribution is -0.648. The summed E-state index contributed by atoms with van der Waals surface area (Å²) in [6, 6.07) is 0. The molecule has 0 amide bonds. The molecule has 0 heterocycles. The monoisotopic (exact) mass is 298 g/mol. The van der Waals surface area contributed by atoms with Crippen LogP contribution in [0.1, 0.15) is 77.6 Å². The van der Waals surface area contributed by atoms with Crippen LogP contribution in [0.3, 0.4) is 0 Å². The van der Waals surface area contributed by atoms with E-state index in [2.05, 4.69) is 24.1 Å². The Morgan fingerprint density at radius 2 is 1.76 bits per heavy atom. The van der Waals surface area contributed by atoms with E-state index in [4.69, 9.17) is 14.8 Å². The summed E-state index contributed by atoms with van der Waals surface area (Å²) in [5.41, 5.74) is -0.257. The predicted octanol–water partition coefficient (Wildman–Crippen LogP) is 5.05. The van der Waals surface area contributed by atoms with Crippen LogP contribution in [0.4, 0.5) is 0 Å². The molecule has 2 atom stereocenters. The third-order valence-electron chi connectivity index (χ3n) is 4.58. The highest BCUT2D eigenvalue weighted by molar-refractivity contribution is 5.17. The molecule has 4 heteroatoms. The maximum Gasteiger partial charge on any atom is 0.125 e. The Morgan fingerprint density at radius 1 is 1.00 bits per heavy atom. The van der Waals surface area contributed by atoms with Crippen LogP contribution in [0.25, 0.3) is 0 Å². The van der Waals surface area contributed by atoms with Crippen LogP contribution in [0.15, 0.2) is 12.2 Å². The molecule has 0 spiro atoms. The van der Waals surface area contributed by atoms with Gasteiger partial charge < -0.3 is 0 Å². The topological polar surface area (TPSA) is 36.9 Å². The zero-order chi connectivity index (χ0) is 14.8. The second-order valence-corrected chi connectivity index (χ2v) is 6.44. The lowest BCUT2D eigenvalue weighted by Gasteiger charge is -2.20. The quantitative estimate of drug-likeness (QED) is 0.206. The van der Waals surface area contributed by atoms with Crippen molar-refractivity contribution in [3.8, 4) is 0 Å². The Balaban J connectivity index is 1.32. The summed E-state index contributed by atoms with van der Waals surface area (Å²) >= 11 is 0. The van der Waals surface area contributed by atoms with E-state index in [9.17, 15) is 0 Å². The van der Waals surface area contributed by atoms with E-state index in [0.717, 1.165) is 19.3 Å². The molecule has 2 aliphatic rings. The van der Waals surface area contributed by atoms with Crippen LogP contribution in [0, 0.1) is 5.92 Å². The van der Waals surface area contributed by atoms with Crippen molar-refractivity contribution in [2.75, 3.05) is 6.61 Å². The average Bonchev–Trinajstić information content (AvgIpc) is 3.09. The van der Waals surface area contributed by atoms with Crippen molar-refractivity contribution in [1.29, 1.82) is 0 Å². The third-order valence-corrected chi connectivity index (χ3v) is 4.58. The summed E-state index contributed by atoms with van der Waals surface area (Å²) in [7, 11) is 0. The van der Waals surface area contributed by atoms with Gasteiger partial charge in [0.05, 0.1) is 6.61 Å². The van der Waals surface area contributed by atoms with Gasteiger partial charge in [-0.15, -0.1) is 0 Å². The van der Waals surface area contributed by atoms with E-state index in [1.54, 1.807) is 0 Å². The number of hydrogen-bond acceptors (Lipinski definition) is 4. The molecule has 0 saturated heterocycles. The minimum Gasteiger partial charge on any atom is -0.204 e. The number of unbranched alkanes of at least 4 members (excludes halogenated alkanes) is 7. The van der Waals surface area contributed by atoms with Crippen molar-refractivity contribution < 1.29 is 19.9 Å². The molecule has 0 N–H and O–H groups in total. The summed E-state index contributed by atoms with van der Waals surface area (Å²) in [5.74, 6) is 0.659. The zero-order valence-corrected chi connectivity index (χ0v) is 13.4. The SMILES string of the molecule is CCCCCCCCCCOOOOC12C=CC(CC1)C2. The molecule has 2 aliphatic carbocycles. The first-order valence-corrected chi connectivity index (χ1v) is 8.68. The Bertz CT molecular complexity index is 305. The molecule has 1 fully saturated rings. The van der Waals surface area contributed by atoms with Gasteiger partial charge in [-0.1, -0.05) is 64.0 Å². The average molecular weight is 298 g/mol. The van der Waals surface area contributed by atoms with Crippen molar-refractivity contribution in [3.05, 3.63) is 12.2 Å². The van der Waals surface area contributed by atoms with Gasteiger partial charge in [0.15, 0.2) is 0 Å². The van der Waals surface area contributed by atoms with Crippen molar-refractivity contribution in [2.45, 2.75) is 83.2 Å². The van der Waals surface area contributed by atoms with Crippen molar-refractivity contribution in [2.24, 2.45) is 5.92 Å². The van der Waals surface area contributed by atoms with E-state index < -0.39 is 0 Å². The fourth-order valence-electron chi connectivity index (χ4n) is 3.24. The van der Waals surface area contributed by atoms with Gasteiger partial charge in [-0.3, -0.25) is 0 Å². The Hall–Kier alpha value is -0.420. The van der Waals surface area contributed by atoms with Gasteiger partial charge in [0, 0.05) is 0 Å². The smallest absolute Gasteiger partial charge is 0.125 e. The largest absolute Gasteiger partial charge is 0.204 e. The molecule has 0 aromatic carbocycles. The first-order chi connectivity index (χ1) is 10.3. The number of allylic oxidation sites excluding steroid dienone is 1. The lowest BCUT2D eigenvalue weighted by Crippen LogP contribution is -2.25. The highest BCUT2D eigenvalue weighted by Gasteiger charge is 2.43. The summed E-state index contributed by atoms with van der Waals surface area (Å²) in [5, 5.41) is 9.38. The number of rotatable bonds is 13. The maximum atomic E-state index is 5.33. The fraction of sp³-hybridized carbons (Fsp3) is 0.882. The third kappa shape index (κ3) is 6.07. The Morgan fingerprint density at radius 3 is 2.38 bits per heavy atom. The van der Waals surface area contributed by atoms with Crippen LogP contribution in [-0.4, -0.2) is 12.2 Å². The van der Waals surface area contributed by atoms with Gasteiger partial charge in [-0.25, -0.2) is 4.89 Å². The van der Waals surface area contributed by atoms with Crippen LogP contribution in [0.5, 0.6) is 0 Å². The Labute approximate surface area is 128 Å². The minimum atomic E-state index is -0.257. The molecule has 0 aliphatic heterocycles. The molecular weight excluding hydrogens is 268 g/mol. The summed E-state index contributed by atoms with van der Waals surface area (Å²) in [6.45, 7) is 2.81. The van der Waals surface area contributed by atoms with Crippen molar-refractivity contribution >= 4 is 0 Å². The van der Waals surface area contributed by atoms with E-state index >= 15 is 0 Å². The Kier molecular flexibility index (Phi) is 7.72. The maximum absolute atomic E-state index is 5.33. The van der Waals surface area contributed by atoms with Crippen molar-refractivity contribution in [3.63, 3.8) is 0 Å². The van der Waals surface area contributed by atoms with Gasteiger partial charge in [0.1, 0.15) is 5.60 Å². The fourth-order valence-corrected chi connectivity index (χ4v) is 3.24. The van der Waals surface area contributed by atoms with E-state index in [0.29, 0.717) is 12.5 Å². The normalized spacial score (nSPS) is 26.8. The molecule has 2 rings (SSSR count). The molecule has 2 unspecified atom stereocenters. The van der Waals surface area contributed by atoms with Gasteiger partial charge in [0.2, 0.25) is 0 Å². The molecule has 0 radical (unpaired) electrons. The zero-order valence-electron chi connectivity index (χ0n) is 13.4. The molecule has 122 valence electrons. The molecule has 2 bridgehead atoms. The van der Waals surface area contributed by atoms with Gasteiger partial charge in [-0.05, 0) is 41.7 Å². The summed E-state index contributed by atoms with van der Waals surface area (Å²) < 4.78 is 0. The second-order valence-electron chi connectivity index (χ2n) is 6.44. The lowest BCUT2D eigenvalue weighted by atomic mass is 10.0. The highest BCUT2D eigenvalue weighted by atomic mass is 17.7. The molecule has 1 saturated carbocycles. The number of fused-ring (bicyclic) bond motifs is 2. The van der Waals surface area contributed by atoms with Crippen LogP contribution >= 0.6 is 0 Å². The standard InChI is InChI=1S/C17H30O4/c1-2-3-4-5-6-7-8-9-14-18-20-21-19-17-12-10-16(15-17)11-13-17/h10,12,16H,2-9,11,13-15H2,1H3. The first-order valence-electron chi connectivity index (χ1n) is 8.68. The highest BCUT2D eigenvalue weighted by Crippen LogP contribution is 2.44. The first kappa shape index (κ1) is 16.9. The summed E-state index contributed by atoms with van der Waals surface area (Å²) in [4.78, 5) is 10.3. The van der Waals surface area contributed by atoms with Crippen LogP contribution < -0.4 is 0 Å². The van der Waals surface area contributed by atoms with Crippen LogP contribution in [-0.2, 0) is 19.9 Å². The predicted molar refractivity (Wildman–Crippen MR) is 81.0 cm³/mol. The van der Waals surface area contributed by atoms with E-state index in [-0.39, 0.29) is 5.60 Å². The van der Waals surface area contributed by atoms with Gasteiger partial charge >= 0.3 is 0 Å². The van der Waals surface area contributed by atoms with E-state index in [1.165, 1.54) is 51.4 Å². The van der Waals surface area contributed by atoms with Gasteiger partial charge in [0.25, 0.3) is 0 Å². The van der Waals surface area contributed by atoms with Crippen molar-refractivity contribution in [1.82, 2.24) is 0 Å². The molecule has 4 nitrogen and oxygen atoms in total. The number of hydrogen-bond donors (Lipinski definition) is 0. The van der Waals surface area contributed by atoms with Gasteiger partial charge in [-0.2, -0.15) is 4.89 Å². The molecule has 0 aromatic heterocycles. The minimum absolute atomic E-state index is 0.257. The second kappa shape index (κ2) is 9.57. The molecule has 21 heavy (non-hydrogen) atoms. The molecular formula is C17H30O4.